The average molecular weight is 202 g/mol. The molecule has 78 valence electrons. The van der Waals surface area contributed by atoms with Crippen molar-refractivity contribution in [3.05, 3.63) is 43.0 Å². The van der Waals surface area contributed by atoms with Crippen LogP contribution in [0.3, 0.4) is 0 Å². The van der Waals surface area contributed by atoms with Gasteiger partial charge in [0.2, 0.25) is 6.33 Å². The second kappa shape index (κ2) is 4.17. The number of hydrogen-bond donors (Lipinski definition) is 0. The van der Waals surface area contributed by atoms with Crippen LogP contribution in [0.2, 0.25) is 0 Å². The SMILES string of the molecule is CCC[n+]1ccn(-c2ccccc2[O-])c1. The van der Waals surface area contributed by atoms with Gasteiger partial charge in [-0.15, -0.1) is 0 Å². The van der Waals surface area contributed by atoms with E-state index in [-0.39, 0.29) is 5.75 Å². The van der Waals surface area contributed by atoms with Crippen molar-refractivity contribution in [3.63, 3.8) is 0 Å². The van der Waals surface area contributed by atoms with E-state index < -0.39 is 0 Å². The highest BCUT2D eigenvalue weighted by Crippen LogP contribution is 2.16. The van der Waals surface area contributed by atoms with Crippen LogP contribution in [0.5, 0.6) is 5.75 Å². The van der Waals surface area contributed by atoms with Crippen molar-refractivity contribution in [2.45, 2.75) is 19.9 Å². The van der Waals surface area contributed by atoms with Gasteiger partial charge in [-0.05, 0) is 12.5 Å². The molecule has 0 bridgehead atoms. The van der Waals surface area contributed by atoms with Gasteiger partial charge in [0.25, 0.3) is 0 Å². The maximum Gasteiger partial charge on any atom is 0.248 e. The van der Waals surface area contributed by atoms with E-state index in [1.54, 1.807) is 12.1 Å². The van der Waals surface area contributed by atoms with Crippen molar-refractivity contribution in [3.8, 4) is 11.4 Å². The van der Waals surface area contributed by atoms with E-state index in [4.69, 9.17) is 0 Å². The van der Waals surface area contributed by atoms with Crippen molar-refractivity contribution in [2.24, 2.45) is 0 Å². The van der Waals surface area contributed by atoms with Gasteiger partial charge in [-0.3, -0.25) is 0 Å². The van der Waals surface area contributed by atoms with Crippen LogP contribution in [0.4, 0.5) is 0 Å². The Hall–Kier alpha value is -1.77. The lowest BCUT2D eigenvalue weighted by Gasteiger charge is -2.07. The van der Waals surface area contributed by atoms with Gasteiger partial charge in [0, 0.05) is 0 Å². The zero-order valence-electron chi connectivity index (χ0n) is 8.76. The number of nitrogens with zero attached hydrogens (tertiary/aromatic N) is 2. The molecule has 3 heteroatoms. The topological polar surface area (TPSA) is 31.9 Å². The standard InChI is InChI=1S/C12H14N2O/c1-2-7-13-8-9-14(10-13)11-5-3-4-6-12(11)15/h3-6,8-10H,2,7H2,1H3. The minimum atomic E-state index is 0.0525. The van der Waals surface area contributed by atoms with E-state index in [9.17, 15) is 5.11 Å². The normalized spacial score (nSPS) is 10.5. The van der Waals surface area contributed by atoms with Crippen molar-refractivity contribution < 1.29 is 9.67 Å². The van der Waals surface area contributed by atoms with Crippen molar-refractivity contribution >= 4 is 0 Å². The molecule has 0 N–H and O–H groups in total. The van der Waals surface area contributed by atoms with Gasteiger partial charge in [-0.1, -0.05) is 30.9 Å². The molecule has 0 saturated heterocycles. The first kappa shape index (κ1) is 9.77. The maximum atomic E-state index is 11.6. The summed E-state index contributed by atoms with van der Waals surface area (Å²) in [6.45, 7) is 3.11. The molecule has 0 unspecified atom stereocenters. The molecule has 0 radical (unpaired) electrons. The highest BCUT2D eigenvalue weighted by atomic mass is 16.3. The molecule has 0 atom stereocenters. The number of imidazole rings is 1. The van der Waals surface area contributed by atoms with Crippen molar-refractivity contribution in [1.82, 2.24) is 4.57 Å². The van der Waals surface area contributed by atoms with Crippen molar-refractivity contribution in [1.29, 1.82) is 0 Å². The molecular weight excluding hydrogens is 188 g/mol. The largest absolute Gasteiger partial charge is 0.870 e. The number of aryl methyl sites for hydroxylation is 1. The summed E-state index contributed by atoms with van der Waals surface area (Å²) in [5.41, 5.74) is 0.701. The molecule has 1 aromatic carbocycles. The molecule has 3 nitrogen and oxygen atoms in total. The van der Waals surface area contributed by atoms with Gasteiger partial charge in [0.05, 0.1) is 6.54 Å². The Morgan fingerprint density at radius 1 is 1.33 bits per heavy atom. The molecule has 1 aromatic heterocycles. The van der Waals surface area contributed by atoms with Gasteiger partial charge >= 0.3 is 0 Å². The number of para-hydroxylation sites is 2. The number of rotatable bonds is 3. The van der Waals surface area contributed by atoms with Crippen LogP contribution >= 0.6 is 0 Å². The van der Waals surface area contributed by atoms with Crippen LogP contribution in [0, 0.1) is 0 Å². The second-order valence-electron chi connectivity index (χ2n) is 3.53. The highest BCUT2D eigenvalue weighted by molar-refractivity contribution is 5.43. The third kappa shape index (κ3) is 2.01. The third-order valence-corrected chi connectivity index (χ3v) is 2.32. The molecule has 0 aliphatic rings. The Labute approximate surface area is 89.2 Å². The van der Waals surface area contributed by atoms with Gasteiger partial charge in [-0.2, -0.15) is 0 Å². The Bertz CT molecular complexity index is 448. The predicted molar refractivity (Wildman–Crippen MR) is 55.7 cm³/mol. The summed E-state index contributed by atoms with van der Waals surface area (Å²) in [5.74, 6) is 0.0525. The van der Waals surface area contributed by atoms with Gasteiger partial charge in [-0.25, -0.2) is 9.13 Å². The first-order chi connectivity index (χ1) is 7.31. The van der Waals surface area contributed by atoms with E-state index in [0.717, 1.165) is 13.0 Å². The molecule has 0 saturated carbocycles. The van der Waals surface area contributed by atoms with E-state index >= 15 is 0 Å². The zero-order chi connectivity index (χ0) is 10.7. The summed E-state index contributed by atoms with van der Waals surface area (Å²) >= 11 is 0. The lowest BCUT2D eigenvalue weighted by molar-refractivity contribution is -0.696. The van der Waals surface area contributed by atoms with Crippen LogP contribution in [-0.2, 0) is 6.54 Å². The smallest absolute Gasteiger partial charge is 0.248 e. The van der Waals surface area contributed by atoms with Crippen LogP contribution in [0.1, 0.15) is 13.3 Å². The third-order valence-electron chi connectivity index (χ3n) is 2.32. The van der Waals surface area contributed by atoms with E-state index in [0.29, 0.717) is 5.69 Å². The van der Waals surface area contributed by atoms with E-state index in [1.165, 1.54) is 0 Å². The van der Waals surface area contributed by atoms with Crippen molar-refractivity contribution in [2.75, 3.05) is 0 Å². The summed E-state index contributed by atoms with van der Waals surface area (Å²) in [7, 11) is 0. The Balaban J connectivity index is 2.33. The van der Waals surface area contributed by atoms with Crippen LogP contribution in [-0.4, -0.2) is 4.57 Å². The summed E-state index contributed by atoms with van der Waals surface area (Å²) in [5, 5.41) is 11.6. The molecule has 0 amide bonds. The highest BCUT2D eigenvalue weighted by Gasteiger charge is 2.05. The predicted octanol–water partition coefficient (Wildman–Crippen LogP) is 1.25. The molecule has 1 heterocycles. The molecule has 2 aromatic rings. The Morgan fingerprint density at radius 2 is 2.13 bits per heavy atom. The minimum absolute atomic E-state index is 0.0525. The van der Waals surface area contributed by atoms with Crippen LogP contribution in [0.25, 0.3) is 5.69 Å². The van der Waals surface area contributed by atoms with Gasteiger partial charge in [0.15, 0.2) is 0 Å². The number of hydrogen-bond acceptors (Lipinski definition) is 1. The summed E-state index contributed by atoms with van der Waals surface area (Å²) < 4.78 is 3.93. The minimum Gasteiger partial charge on any atom is -0.870 e. The van der Waals surface area contributed by atoms with E-state index in [1.807, 2.05) is 35.4 Å². The summed E-state index contributed by atoms with van der Waals surface area (Å²) in [4.78, 5) is 0. The molecular formula is C12H14N2O. The summed E-state index contributed by atoms with van der Waals surface area (Å²) in [6, 6.07) is 7.05. The molecule has 2 rings (SSSR count). The lowest BCUT2D eigenvalue weighted by Crippen LogP contribution is -2.30. The Morgan fingerprint density at radius 3 is 2.87 bits per heavy atom. The fraction of sp³-hybridized carbons (Fsp3) is 0.250. The number of benzene rings is 1. The molecule has 0 spiro atoms. The fourth-order valence-electron chi connectivity index (χ4n) is 1.60. The average Bonchev–Trinajstić information content (AvgIpc) is 2.68. The van der Waals surface area contributed by atoms with Crippen LogP contribution < -0.4 is 9.67 Å². The fourth-order valence-corrected chi connectivity index (χ4v) is 1.60. The van der Waals surface area contributed by atoms with E-state index in [2.05, 4.69) is 11.5 Å². The molecule has 0 fully saturated rings. The van der Waals surface area contributed by atoms with Gasteiger partial charge in [0.1, 0.15) is 18.1 Å². The maximum absolute atomic E-state index is 11.6. The lowest BCUT2D eigenvalue weighted by atomic mass is 10.3. The molecule has 0 aliphatic heterocycles. The van der Waals surface area contributed by atoms with Gasteiger partial charge < -0.3 is 5.11 Å². The quantitative estimate of drug-likeness (QED) is 0.689. The Kier molecular flexibility index (Phi) is 2.72. The zero-order valence-corrected chi connectivity index (χ0v) is 8.76. The number of aromatic nitrogens is 2. The summed E-state index contributed by atoms with van der Waals surface area (Å²) in [6.07, 6.45) is 6.93. The first-order valence-corrected chi connectivity index (χ1v) is 5.14. The monoisotopic (exact) mass is 202 g/mol. The van der Waals surface area contributed by atoms with Crippen LogP contribution in [0.15, 0.2) is 43.0 Å². The second-order valence-corrected chi connectivity index (χ2v) is 3.53. The first-order valence-electron chi connectivity index (χ1n) is 5.14. The molecule has 0 aliphatic carbocycles. The molecule has 15 heavy (non-hydrogen) atoms.